The molecule has 0 fully saturated rings. The van der Waals surface area contributed by atoms with E-state index in [1.54, 1.807) is 0 Å². The summed E-state index contributed by atoms with van der Waals surface area (Å²) in [7, 11) is 0. The van der Waals surface area contributed by atoms with Gasteiger partial charge in [-0.15, -0.1) is 0 Å². The first-order chi connectivity index (χ1) is 3.46. The van der Waals surface area contributed by atoms with Crippen molar-refractivity contribution >= 4 is 12.3 Å². The van der Waals surface area contributed by atoms with Gasteiger partial charge in [-0.25, -0.2) is 0 Å². The maximum Gasteiger partial charge on any atom is 4.00 e. The zero-order valence-electron chi connectivity index (χ0n) is 3.83. The first kappa shape index (κ1) is 15.7. The van der Waals surface area contributed by atoms with E-state index < -0.39 is 12.3 Å². The van der Waals surface area contributed by atoms with Crippen molar-refractivity contribution in [2.75, 3.05) is 0 Å². The van der Waals surface area contributed by atoms with Crippen LogP contribution in [0.15, 0.2) is 0 Å². The van der Waals surface area contributed by atoms with Gasteiger partial charge < -0.3 is 30.0 Å². The number of hydrogen-bond donors (Lipinski definition) is 0. The van der Waals surface area contributed by atoms with Gasteiger partial charge >= 0.3 is 14.3 Å². The van der Waals surface area contributed by atoms with Crippen molar-refractivity contribution in [1.82, 2.24) is 0 Å². The molecule has 0 spiro atoms. The molecule has 9 heavy (non-hydrogen) atoms. The maximum atomic E-state index is 8.33. The van der Waals surface area contributed by atoms with Crippen LogP contribution in [0.5, 0.6) is 0 Å². The molecule has 0 heterocycles. The quantitative estimate of drug-likeness (QED) is 0.425. The second kappa shape index (κ2) is 10.0. The van der Waals surface area contributed by atoms with E-state index in [0.717, 1.165) is 0 Å². The number of carboxylic acid groups (broad SMARTS) is 4. The Hall–Kier alpha value is -1.07. The third-order valence-corrected chi connectivity index (χ3v) is 0. The minimum atomic E-state index is -2.33. The van der Waals surface area contributed by atoms with Gasteiger partial charge in [-0.1, -0.05) is 0 Å². The summed E-state index contributed by atoms with van der Waals surface area (Å²) in [5.74, 6) is 0. The molecule has 0 bridgehead atoms. The van der Waals surface area contributed by atoms with Gasteiger partial charge in [-0.3, -0.25) is 0 Å². The monoisotopic (exact) mass is 361 g/mol. The van der Waals surface area contributed by atoms with Crippen LogP contribution in [0.1, 0.15) is 0 Å². The minimum absolute atomic E-state index is 0. The Kier molecular flexibility index (Phi) is 17.5. The van der Waals surface area contributed by atoms with Gasteiger partial charge in [0.05, 0.1) is 0 Å². The van der Waals surface area contributed by atoms with Crippen molar-refractivity contribution in [3.63, 3.8) is 0 Å². The fourth-order valence-corrected chi connectivity index (χ4v) is 0. The molecule has 0 N–H and O–H groups in total. The van der Waals surface area contributed by atoms with Crippen molar-refractivity contribution < 1.29 is 44.3 Å². The summed E-state index contributed by atoms with van der Waals surface area (Å²) in [5.41, 5.74) is 0. The van der Waals surface area contributed by atoms with Crippen LogP contribution < -0.4 is 20.4 Å². The zero-order chi connectivity index (χ0) is 7.15. The Bertz CT molecular complexity index is 69.1. The van der Waals surface area contributed by atoms with E-state index in [1.807, 2.05) is 0 Å². The number of rotatable bonds is 0. The van der Waals surface area contributed by atoms with Gasteiger partial charge in [0.1, 0.15) is 0 Å². The fourth-order valence-electron chi connectivity index (χ4n) is 0. The van der Waals surface area contributed by atoms with E-state index in [2.05, 4.69) is 0 Å². The first-order valence-corrected chi connectivity index (χ1v) is 1.22. The van der Waals surface area contributed by atoms with E-state index in [-0.39, 0.29) is 14.3 Å². The standard InChI is InChI=1S/2CH2O3.Am/c2*2-1(3)4;/h2*(H2,2,3,4);/q;;+4/p-4. The summed E-state index contributed by atoms with van der Waals surface area (Å²) in [5, 5.41) is 33.3. The topological polar surface area (TPSA) is 126 Å². The third-order valence-electron chi connectivity index (χ3n) is 0. The zero-order valence-corrected chi connectivity index (χ0v) is 6.97. The van der Waals surface area contributed by atoms with Crippen LogP contribution in [-0.4, -0.2) is 12.3 Å². The van der Waals surface area contributed by atoms with Gasteiger partial charge in [-0.05, 0) is 12.3 Å². The molecular weight excluding hydrogens is 363 g/mol. The van der Waals surface area contributed by atoms with E-state index in [1.165, 1.54) is 0 Å². The molecule has 0 aliphatic carbocycles. The Morgan fingerprint density at radius 3 is 0.778 bits per heavy atom. The van der Waals surface area contributed by atoms with Crippen molar-refractivity contribution in [2.45, 2.75) is 0 Å². The van der Waals surface area contributed by atoms with Crippen molar-refractivity contribution in [2.24, 2.45) is 0 Å². The normalized spacial score (nSPS) is 5.33. The van der Waals surface area contributed by atoms with Gasteiger partial charge in [0.2, 0.25) is 0 Å². The molecule has 0 aliphatic heterocycles. The van der Waals surface area contributed by atoms with Crippen molar-refractivity contribution in [3.8, 4) is 0 Å². The van der Waals surface area contributed by atoms with Gasteiger partial charge in [-0.2, -0.15) is 0 Å². The molecule has 7 heteroatoms. The van der Waals surface area contributed by atoms with Gasteiger partial charge in [0.15, 0.2) is 0 Å². The van der Waals surface area contributed by atoms with Crippen molar-refractivity contribution in [3.05, 3.63) is 0 Å². The minimum Gasteiger partial charge on any atom is -0.652 e. The molecule has 0 unspecified atom stereocenters. The van der Waals surface area contributed by atoms with Crippen LogP contribution in [0, 0.1) is 14.3 Å². The number of hydrogen-bond acceptors (Lipinski definition) is 6. The van der Waals surface area contributed by atoms with Gasteiger partial charge in [0.25, 0.3) is 0 Å². The second-order valence-corrected chi connectivity index (χ2v) is 0.500. The van der Waals surface area contributed by atoms with E-state index in [9.17, 15) is 0 Å². The molecule has 6 nitrogen and oxygen atoms in total. The average Bonchev–Trinajstić information content (AvgIpc) is 1.25. The van der Waals surface area contributed by atoms with Crippen LogP contribution in [0.4, 0.5) is 9.59 Å². The number of carbonyl (C=O) groups excluding carboxylic acids is 2. The van der Waals surface area contributed by atoms with Gasteiger partial charge in [0, 0.05) is 0 Å². The fraction of sp³-hybridized carbons (Fsp3) is 0. The first-order valence-electron chi connectivity index (χ1n) is 1.22. The predicted molar refractivity (Wildman–Crippen MR) is 10.8 cm³/mol. The second-order valence-electron chi connectivity index (χ2n) is 0.500. The molecule has 0 saturated carbocycles. The molecule has 0 rings (SSSR count). The molecule has 0 saturated heterocycles. The summed E-state index contributed by atoms with van der Waals surface area (Å²) in [6.07, 6.45) is -4.67. The summed E-state index contributed by atoms with van der Waals surface area (Å²) >= 11 is 0. The molecule has 0 aromatic carbocycles. The summed E-state index contributed by atoms with van der Waals surface area (Å²) in [6, 6.07) is 0. The van der Waals surface area contributed by atoms with E-state index >= 15 is 0 Å². The molecule has 0 aliphatic rings. The Morgan fingerprint density at radius 1 is 0.778 bits per heavy atom. The Labute approximate surface area is 57.6 Å². The van der Waals surface area contributed by atoms with Crippen LogP contribution in [0.2, 0.25) is 0 Å². The largest absolute Gasteiger partial charge is 4.00 e. The summed E-state index contributed by atoms with van der Waals surface area (Å²) in [4.78, 5) is 16.7. The van der Waals surface area contributed by atoms with Crippen LogP contribution in [-0.2, 0) is 0 Å². The van der Waals surface area contributed by atoms with Crippen LogP contribution >= 0.6 is 0 Å². The molecule has 0 atom stereocenters. The van der Waals surface area contributed by atoms with E-state index in [4.69, 9.17) is 30.0 Å². The van der Waals surface area contributed by atoms with Crippen LogP contribution in [0.3, 0.4) is 0 Å². The predicted octanol–water partition coefficient (Wildman–Crippen LogP) is -4.89. The molecule has 1 radical (unpaired) electrons. The molecule has 51 valence electrons. The Balaban J connectivity index is -0.0000000720. The SMILES string of the molecule is O=C([O-])[O-].O=C([O-])[O-].[Am+4]. The van der Waals surface area contributed by atoms with Crippen molar-refractivity contribution in [1.29, 1.82) is 0 Å². The van der Waals surface area contributed by atoms with E-state index in [0.29, 0.717) is 0 Å². The smallest absolute Gasteiger partial charge is 0.652 e. The Morgan fingerprint density at radius 2 is 0.778 bits per heavy atom. The molecular formula is C2AmO6. The number of carbonyl (C=O) groups is 2. The van der Waals surface area contributed by atoms with Crippen LogP contribution in [0.25, 0.3) is 0 Å². The maximum absolute atomic E-state index is 8.33. The molecule has 0 amide bonds. The summed E-state index contributed by atoms with van der Waals surface area (Å²) < 4.78 is 0. The average molecular weight is 363 g/mol. The third kappa shape index (κ3) is 147. The molecule has 0 aromatic rings. The summed E-state index contributed by atoms with van der Waals surface area (Å²) in [6.45, 7) is 0. The molecule has 0 aromatic heterocycles.